The number of rotatable bonds is 8. The third kappa shape index (κ3) is 4.02. The molecule has 0 bridgehead atoms. The maximum absolute atomic E-state index is 12.1. The molecule has 0 spiro atoms. The summed E-state index contributed by atoms with van der Waals surface area (Å²) in [7, 11) is 0. The molecular weight excluding hydrogens is 232 g/mol. The predicted octanol–water partition coefficient (Wildman–Crippen LogP) is 2.64. The lowest BCUT2D eigenvalue weighted by atomic mass is 9.81. The summed E-state index contributed by atoms with van der Waals surface area (Å²) in [5.41, 5.74) is -1.31. The molecule has 0 aromatic rings. The third-order valence-electron chi connectivity index (χ3n) is 2.53. The minimum absolute atomic E-state index is 0.203. The van der Waals surface area contributed by atoms with Crippen molar-refractivity contribution in [3.8, 4) is 0 Å². The van der Waals surface area contributed by atoms with Crippen LogP contribution in [0.5, 0.6) is 0 Å². The summed E-state index contributed by atoms with van der Waals surface area (Å²) in [5.74, 6) is -1.11. The molecule has 0 N–H and O–H groups in total. The van der Waals surface area contributed by atoms with Crippen LogP contribution in [0, 0.1) is 5.41 Å². The van der Waals surface area contributed by atoms with Crippen molar-refractivity contribution in [2.75, 3.05) is 13.2 Å². The summed E-state index contributed by atoms with van der Waals surface area (Å²) >= 11 is 0. The van der Waals surface area contributed by atoms with Gasteiger partial charge in [-0.05, 0) is 33.6 Å². The number of allylic oxidation sites excluding steroid dienone is 3. The van der Waals surface area contributed by atoms with Gasteiger partial charge in [0.15, 0.2) is 5.41 Å². The predicted molar refractivity (Wildman–Crippen MR) is 69.9 cm³/mol. The molecular formula is C14H22O4. The van der Waals surface area contributed by atoms with Gasteiger partial charge in [-0.3, -0.25) is 9.59 Å². The summed E-state index contributed by atoms with van der Waals surface area (Å²) in [6.45, 7) is 9.30. The molecule has 4 heteroatoms. The van der Waals surface area contributed by atoms with E-state index >= 15 is 0 Å². The Labute approximate surface area is 109 Å². The van der Waals surface area contributed by atoms with Crippen LogP contribution in [0.2, 0.25) is 0 Å². The second-order valence-electron chi connectivity index (χ2n) is 3.79. The van der Waals surface area contributed by atoms with Gasteiger partial charge in [0.2, 0.25) is 0 Å². The van der Waals surface area contributed by atoms with Crippen molar-refractivity contribution < 1.29 is 19.1 Å². The highest BCUT2D eigenvalue weighted by Gasteiger charge is 2.46. The maximum Gasteiger partial charge on any atom is 0.324 e. The molecule has 0 aromatic carbocycles. The molecule has 0 saturated carbocycles. The number of hydrogen-bond donors (Lipinski definition) is 0. The van der Waals surface area contributed by atoms with E-state index in [9.17, 15) is 9.59 Å². The first kappa shape index (κ1) is 16.4. The largest absolute Gasteiger partial charge is 0.465 e. The molecule has 0 aliphatic heterocycles. The summed E-state index contributed by atoms with van der Waals surface area (Å²) in [5, 5.41) is 0. The number of esters is 2. The zero-order chi connectivity index (χ0) is 14.0. The fraction of sp³-hybridized carbons (Fsp3) is 0.571. The van der Waals surface area contributed by atoms with E-state index in [4.69, 9.17) is 9.47 Å². The first-order valence-electron chi connectivity index (χ1n) is 6.15. The van der Waals surface area contributed by atoms with Gasteiger partial charge in [0.1, 0.15) is 0 Å². The van der Waals surface area contributed by atoms with Gasteiger partial charge in [-0.25, -0.2) is 0 Å². The summed E-state index contributed by atoms with van der Waals surface area (Å²) in [4.78, 5) is 24.1. The molecule has 4 nitrogen and oxygen atoms in total. The van der Waals surface area contributed by atoms with Gasteiger partial charge in [0.05, 0.1) is 13.2 Å². The van der Waals surface area contributed by atoms with Crippen LogP contribution < -0.4 is 0 Å². The Morgan fingerprint density at radius 1 is 1.11 bits per heavy atom. The highest BCUT2D eigenvalue weighted by atomic mass is 16.6. The lowest BCUT2D eigenvalue weighted by molar-refractivity contribution is -0.171. The van der Waals surface area contributed by atoms with Crippen molar-refractivity contribution in [1.29, 1.82) is 0 Å². The summed E-state index contributed by atoms with van der Waals surface area (Å²) < 4.78 is 10.0. The van der Waals surface area contributed by atoms with E-state index in [-0.39, 0.29) is 26.1 Å². The van der Waals surface area contributed by atoms with Crippen molar-refractivity contribution >= 4 is 11.9 Å². The third-order valence-corrected chi connectivity index (χ3v) is 2.53. The zero-order valence-electron chi connectivity index (χ0n) is 11.4. The average Bonchev–Trinajstić information content (AvgIpc) is 2.35. The first-order chi connectivity index (χ1) is 8.58. The standard InChI is InChI=1S/C14H22O4/c1-5-9-11-14(10-6-2,12(15)17-7-3)13(16)18-8-4/h5-6,9H,2,7-8,10-11H2,1,3-4H3. The van der Waals surface area contributed by atoms with Gasteiger partial charge in [0.25, 0.3) is 0 Å². The topological polar surface area (TPSA) is 52.6 Å². The van der Waals surface area contributed by atoms with Crippen LogP contribution in [0.1, 0.15) is 33.6 Å². The average molecular weight is 254 g/mol. The van der Waals surface area contributed by atoms with E-state index in [1.54, 1.807) is 26.0 Å². The fourth-order valence-corrected chi connectivity index (χ4v) is 1.60. The Hall–Kier alpha value is -1.58. The lowest BCUT2D eigenvalue weighted by Crippen LogP contribution is -2.41. The molecule has 0 fully saturated rings. The van der Waals surface area contributed by atoms with Gasteiger partial charge in [-0.2, -0.15) is 0 Å². The highest BCUT2D eigenvalue weighted by molar-refractivity contribution is 6.00. The normalized spacial score (nSPS) is 11.3. The van der Waals surface area contributed by atoms with E-state index < -0.39 is 17.4 Å². The quantitative estimate of drug-likeness (QED) is 0.379. The first-order valence-corrected chi connectivity index (χ1v) is 6.15. The van der Waals surface area contributed by atoms with Crippen LogP contribution in [-0.2, 0) is 19.1 Å². The second kappa shape index (κ2) is 8.50. The second-order valence-corrected chi connectivity index (χ2v) is 3.79. The number of carbonyl (C=O) groups excluding carboxylic acids is 2. The van der Waals surface area contributed by atoms with Crippen LogP contribution in [0.25, 0.3) is 0 Å². The van der Waals surface area contributed by atoms with Gasteiger partial charge in [0, 0.05) is 0 Å². The summed E-state index contributed by atoms with van der Waals surface area (Å²) in [6.07, 6.45) is 5.55. The highest BCUT2D eigenvalue weighted by Crippen LogP contribution is 2.31. The van der Waals surface area contributed by atoms with Gasteiger partial charge in [-0.1, -0.05) is 18.2 Å². The molecule has 0 rings (SSSR count). The van der Waals surface area contributed by atoms with Gasteiger partial charge >= 0.3 is 11.9 Å². The Bertz CT molecular complexity index is 300. The van der Waals surface area contributed by atoms with Crippen LogP contribution in [0.3, 0.4) is 0 Å². The van der Waals surface area contributed by atoms with Crippen molar-refractivity contribution in [2.24, 2.45) is 5.41 Å². The van der Waals surface area contributed by atoms with Crippen molar-refractivity contribution in [2.45, 2.75) is 33.6 Å². The fourth-order valence-electron chi connectivity index (χ4n) is 1.60. The van der Waals surface area contributed by atoms with Crippen molar-refractivity contribution in [1.82, 2.24) is 0 Å². The SMILES string of the molecule is C=CCC(CC=CC)(C(=O)OCC)C(=O)OCC. The Balaban J connectivity index is 5.31. The van der Waals surface area contributed by atoms with E-state index in [0.717, 1.165) is 0 Å². The molecule has 102 valence electrons. The van der Waals surface area contributed by atoms with E-state index in [0.29, 0.717) is 0 Å². The molecule has 0 aromatic heterocycles. The molecule has 0 heterocycles. The van der Waals surface area contributed by atoms with E-state index in [2.05, 4.69) is 6.58 Å². The van der Waals surface area contributed by atoms with Crippen LogP contribution in [0.15, 0.2) is 24.8 Å². The Morgan fingerprint density at radius 3 is 1.94 bits per heavy atom. The van der Waals surface area contributed by atoms with E-state index in [1.165, 1.54) is 6.08 Å². The maximum atomic E-state index is 12.1. The summed E-state index contributed by atoms with van der Waals surface area (Å²) in [6, 6.07) is 0. The van der Waals surface area contributed by atoms with Crippen molar-refractivity contribution in [3.63, 3.8) is 0 Å². The lowest BCUT2D eigenvalue weighted by Gasteiger charge is -2.26. The minimum atomic E-state index is -1.31. The van der Waals surface area contributed by atoms with Gasteiger partial charge in [-0.15, -0.1) is 6.58 Å². The number of hydrogen-bond acceptors (Lipinski definition) is 4. The molecule has 18 heavy (non-hydrogen) atoms. The molecule has 0 amide bonds. The number of ether oxygens (including phenoxy) is 2. The molecule has 0 radical (unpaired) electrons. The van der Waals surface area contributed by atoms with Crippen LogP contribution >= 0.6 is 0 Å². The van der Waals surface area contributed by atoms with Crippen molar-refractivity contribution in [3.05, 3.63) is 24.8 Å². The zero-order valence-corrected chi connectivity index (χ0v) is 11.4. The Morgan fingerprint density at radius 2 is 1.61 bits per heavy atom. The number of carbonyl (C=O) groups is 2. The monoisotopic (exact) mass is 254 g/mol. The van der Waals surface area contributed by atoms with Crippen LogP contribution in [-0.4, -0.2) is 25.2 Å². The van der Waals surface area contributed by atoms with E-state index in [1.807, 2.05) is 6.92 Å². The minimum Gasteiger partial charge on any atom is -0.465 e. The smallest absolute Gasteiger partial charge is 0.324 e. The molecule has 0 aliphatic carbocycles. The van der Waals surface area contributed by atoms with Crippen LogP contribution in [0.4, 0.5) is 0 Å². The molecule has 0 atom stereocenters. The molecule has 0 saturated heterocycles. The Kier molecular flexibility index (Phi) is 7.76. The molecule has 0 aliphatic rings. The van der Waals surface area contributed by atoms with Gasteiger partial charge < -0.3 is 9.47 Å². The molecule has 0 unspecified atom stereocenters.